The Balaban J connectivity index is 2.34. The molecule has 5 nitrogen and oxygen atoms in total. The highest BCUT2D eigenvalue weighted by Gasteiger charge is 2.16. The molecule has 5 heteroatoms. The summed E-state index contributed by atoms with van der Waals surface area (Å²) in [6, 6.07) is 0. The first-order valence-electron chi connectivity index (χ1n) is 6.42. The molecule has 0 saturated carbocycles. The van der Waals surface area contributed by atoms with Crippen LogP contribution >= 0.6 is 0 Å². The number of nitrogens with zero attached hydrogens (tertiary/aromatic N) is 4. The first-order chi connectivity index (χ1) is 8.87. The molecule has 0 aliphatic heterocycles. The lowest BCUT2D eigenvalue weighted by atomic mass is 10.1. The molecular weight excluding hydrogens is 238 g/mol. The fourth-order valence-electron chi connectivity index (χ4n) is 1.87. The van der Waals surface area contributed by atoms with Gasteiger partial charge >= 0.3 is 0 Å². The molecule has 2 heterocycles. The van der Waals surface area contributed by atoms with Gasteiger partial charge in [-0.25, -0.2) is 0 Å². The maximum absolute atomic E-state index is 4.52. The zero-order valence-electron chi connectivity index (χ0n) is 12.2. The molecule has 0 unspecified atom stereocenters. The Morgan fingerprint density at radius 1 is 1.16 bits per heavy atom. The van der Waals surface area contributed by atoms with Crippen molar-refractivity contribution in [1.29, 1.82) is 0 Å². The summed E-state index contributed by atoms with van der Waals surface area (Å²) >= 11 is 0. The highest BCUT2D eigenvalue weighted by molar-refractivity contribution is 5.60. The molecule has 2 aromatic heterocycles. The zero-order chi connectivity index (χ0) is 14.0. The van der Waals surface area contributed by atoms with Crippen molar-refractivity contribution in [3.63, 3.8) is 0 Å². The third-order valence-corrected chi connectivity index (χ3v) is 2.82. The highest BCUT2D eigenvalue weighted by atomic mass is 15.3. The van der Waals surface area contributed by atoms with Gasteiger partial charge in [0.2, 0.25) is 0 Å². The Hall–Kier alpha value is -1.75. The fraction of sp³-hybridized carbons (Fsp3) is 0.500. The number of aryl methyl sites for hydroxylation is 2. The van der Waals surface area contributed by atoms with E-state index in [1.165, 1.54) is 0 Å². The Morgan fingerprint density at radius 2 is 1.84 bits per heavy atom. The minimum Gasteiger partial charge on any atom is -0.308 e. The normalized spacial score (nSPS) is 11.8. The summed E-state index contributed by atoms with van der Waals surface area (Å²) in [5.41, 5.74) is 3.88. The smallest absolute Gasteiger partial charge is 0.117 e. The summed E-state index contributed by atoms with van der Waals surface area (Å²) < 4.78 is 1.82. The van der Waals surface area contributed by atoms with Crippen molar-refractivity contribution >= 4 is 0 Å². The Morgan fingerprint density at radius 3 is 2.47 bits per heavy atom. The van der Waals surface area contributed by atoms with Crippen LogP contribution in [0.4, 0.5) is 0 Å². The Labute approximate surface area is 114 Å². The summed E-state index contributed by atoms with van der Waals surface area (Å²) in [5, 5.41) is 8.00. The van der Waals surface area contributed by atoms with Crippen LogP contribution in [-0.4, -0.2) is 25.3 Å². The van der Waals surface area contributed by atoms with Gasteiger partial charge in [-0.1, -0.05) is 0 Å². The van der Waals surface area contributed by atoms with Crippen molar-refractivity contribution in [3.05, 3.63) is 29.8 Å². The van der Waals surface area contributed by atoms with Crippen LogP contribution in [0, 0.1) is 6.92 Å². The molecule has 2 aromatic rings. The summed E-state index contributed by atoms with van der Waals surface area (Å²) in [5.74, 6) is 0. The van der Waals surface area contributed by atoms with Crippen LogP contribution in [0.15, 0.2) is 18.6 Å². The number of rotatable bonds is 3. The van der Waals surface area contributed by atoms with Crippen LogP contribution in [0.2, 0.25) is 0 Å². The molecule has 0 amide bonds. The second-order valence-corrected chi connectivity index (χ2v) is 5.77. The van der Waals surface area contributed by atoms with Gasteiger partial charge in [0, 0.05) is 43.3 Å². The van der Waals surface area contributed by atoms with Crippen molar-refractivity contribution in [2.75, 3.05) is 0 Å². The van der Waals surface area contributed by atoms with Gasteiger partial charge < -0.3 is 5.32 Å². The molecule has 0 radical (unpaired) electrons. The molecular formula is C14H21N5. The van der Waals surface area contributed by atoms with Crippen LogP contribution in [0.5, 0.6) is 0 Å². The van der Waals surface area contributed by atoms with E-state index >= 15 is 0 Å². The Bertz CT molecular complexity index is 565. The van der Waals surface area contributed by atoms with Gasteiger partial charge in [0.25, 0.3) is 0 Å². The third-order valence-electron chi connectivity index (χ3n) is 2.82. The molecule has 2 rings (SSSR count). The Kier molecular flexibility index (Phi) is 3.66. The summed E-state index contributed by atoms with van der Waals surface area (Å²) in [6.45, 7) is 9.17. The minimum atomic E-state index is 0.0739. The van der Waals surface area contributed by atoms with Crippen molar-refractivity contribution < 1.29 is 0 Å². The minimum absolute atomic E-state index is 0.0739. The SMILES string of the molecule is Cc1nccnc1-c1nn(C)cc1CNC(C)(C)C. The maximum atomic E-state index is 4.52. The van der Waals surface area contributed by atoms with E-state index in [9.17, 15) is 0 Å². The first kappa shape index (κ1) is 13.7. The molecule has 0 aromatic carbocycles. The topological polar surface area (TPSA) is 55.6 Å². The van der Waals surface area contributed by atoms with Crippen LogP contribution in [0.25, 0.3) is 11.4 Å². The van der Waals surface area contributed by atoms with E-state index in [4.69, 9.17) is 0 Å². The van der Waals surface area contributed by atoms with Crippen molar-refractivity contribution in [1.82, 2.24) is 25.1 Å². The molecule has 0 spiro atoms. The van der Waals surface area contributed by atoms with Crippen molar-refractivity contribution in [2.45, 2.75) is 39.8 Å². The summed E-state index contributed by atoms with van der Waals surface area (Å²) in [4.78, 5) is 8.68. The van der Waals surface area contributed by atoms with E-state index in [0.29, 0.717) is 0 Å². The lowest BCUT2D eigenvalue weighted by Gasteiger charge is -2.20. The van der Waals surface area contributed by atoms with E-state index in [0.717, 1.165) is 29.2 Å². The fourth-order valence-corrected chi connectivity index (χ4v) is 1.87. The highest BCUT2D eigenvalue weighted by Crippen LogP contribution is 2.22. The molecule has 1 N–H and O–H groups in total. The average Bonchev–Trinajstić information content (AvgIpc) is 2.67. The summed E-state index contributed by atoms with van der Waals surface area (Å²) in [6.07, 6.45) is 5.44. The largest absolute Gasteiger partial charge is 0.308 e. The van der Waals surface area contributed by atoms with Crippen LogP contribution in [0.1, 0.15) is 32.0 Å². The molecule has 0 fully saturated rings. The molecule has 0 bridgehead atoms. The van der Waals surface area contributed by atoms with E-state index in [2.05, 4.69) is 41.2 Å². The van der Waals surface area contributed by atoms with Crippen LogP contribution in [0.3, 0.4) is 0 Å². The van der Waals surface area contributed by atoms with E-state index in [1.54, 1.807) is 12.4 Å². The van der Waals surface area contributed by atoms with Gasteiger partial charge in [-0.3, -0.25) is 14.6 Å². The van der Waals surface area contributed by atoms with Crippen LogP contribution in [-0.2, 0) is 13.6 Å². The lowest BCUT2D eigenvalue weighted by Crippen LogP contribution is -2.35. The van der Waals surface area contributed by atoms with Crippen LogP contribution < -0.4 is 5.32 Å². The zero-order valence-corrected chi connectivity index (χ0v) is 12.2. The molecule has 0 aliphatic carbocycles. The number of hydrogen-bond donors (Lipinski definition) is 1. The van der Waals surface area contributed by atoms with E-state index < -0.39 is 0 Å². The summed E-state index contributed by atoms with van der Waals surface area (Å²) in [7, 11) is 1.93. The van der Waals surface area contributed by atoms with Gasteiger partial charge in [-0.05, 0) is 27.7 Å². The van der Waals surface area contributed by atoms with Gasteiger partial charge in [0.15, 0.2) is 0 Å². The maximum Gasteiger partial charge on any atom is 0.117 e. The standard InChI is InChI=1S/C14H21N5/c1-10-12(16-7-6-15-10)13-11(9-19(5)18-13)8-17-14(2,3)4/h6-7,9,17H,8H2,1-5H3. The van der Waals surface area contributed by atoms with E-state index in [1.807, 2.05) is 24.9 Å². The second kappa shape index (κ2) is 5.09. The van der Waals surface area contributed by atoms with Crippen molar-refractivity contribution in [3.8, 4) is 11.4 Å². The molecule has 102 valence electrons. The van der Waals surface area contributed by atoms with Gasteiger partial charge in [-0.15, -0.1) is 0 Å². The first-order valence-corrected chi connectivity index (χ1v) is 6.42. The number of nitrogens with one attached hydrogen (secondary N) is 1. The van der Waals surface area contributed by atoms with E-state index in [-0.39, 0.29) is 5.54 Å². The predicted molar refractivity (Wildman–Crippen MR) is 75.6 cm³/mol. The quantitative estimate of drug-likeness (QED) is 0.917. The van der Waals surface area contributed by atoms with Gasteiger partial charge in [-0.2, -0.15) is 5.10 Å². The molecule has 0 aliphatic rings. The monoisotopic (exact) mass is 259 g/mol. The molecule has 19 heavy (non-hydrogen) atoms. The number of hydrogen-bond acceptors (Lipinski definition) is 4. The lowest BCUT2D eigenvalue weighted by molar-refractivity contribution is 0.424. The average molecular weight is 259 g/mol. The predicted octanol–water partition coefficient (Wildman–Crippen LogP) is 2.07. The second-order valence-electron chi connectivity index (χ2n) is 5.77. The number of aromatic nitrogens is 4. The molecule has 0 saturated heterocycles. The van der Waals surface area contributed by atoms with Gasteiger partial charge in [0.1, 0.15) is 11.4 Å². The van der Waals surface area contributed by atoms with Crippen molar-refractivity contribution in [2.24, 2.45) is 7.05 Å². The van der Waals surface area contributed by atoms with Gasteiger partial charge in [0.05, 0.1) is 5.69 Å². The molecule has 0 atom stereocenters. The third kappa shape index (κ3) is 3.38.